The molecule has 21 heavy (non-hydrogen) atoms. The summed E-state index contributed by atoms with van der Waals surface area (Å²) in [6.07, 6.45) is 1.17. The molecule has 0 saturated heterocycles. The van der Waals surface area contributed by atoms with Crippen molar-refractivity contribution >= 4 is 17.0 Å². The van der Waals surface area contributed by atoms with Gasteiger partial charge in [0.2, 0.25) is 0 Å². The SMILES string of the molecule is O=C(O)c1ccc2c(c1)ncn2-c1cc(F)cc(F)c1F. The molecule has 3 rings (SSSR count). The minimum atomic E-state index is -1.31. The highest BCUT2D eigenvalue weighted by Gasteiger charge is 2.15. The Morgan fingerprint density at radius 3 is 2.62 bits per heavy atom. The molecule has 0 unspecified atom stereocenters. The standard InChI is InChI=1S/C14H7F3N2O2/c15-8-4-9(16)13(17)12(5-8)19-6-18-10-3-7(14(20)21)1-2-11(10)19/h1-6H,(H,20,21). The number of fused-ring (bicyclic) bond motifs is 1. The van der Waals surface area contributed by atoms with Gasteiger partial charge in [0.15, 0.2) is 11.6 Å². The van der Waals surface area contributed by atoms with Crippen molar-refractivity contribution < 1.29 is 23.1 Å². The first-order chi connectivity index (χ1) is 9.97. The number of hydrogen-bond acceptors (Lipinski definition) is 2. The Labute approximate surface area is 116 Å². The number of rotatable bonds is 2. The average Bonchev–Trinajstić information content (AvgIpc) is 2.85. The molecule has 4 nitrogen and oxygen atoms in total. The monoisotopic (exact) mass is 292 g/mol. The van der Waals surface area contributed by atoms with Crippen LogP contribution in [0, 0.1) is 17.5 Å². The largest absolute Gasteiger partial charge is 0.478 e. The molecule has 2 aromatic carbocycles. The third-order valence-corrected chi connectivity index (χ3v) is 3.03. The summed E-state index contributed by atoms with van der Waals surface area (Å²) in [7, 11) is 0. The van der Waals surface area contributed by atoms with Crippen LogP contribution in [0.4, 0.5) is 13.2 Å². The maximum Gasteiger partial charge on any atom is 0.335 e. The molecule has 1 heterocycles. The Morgan fingerprint density at radius 1 is 1.14 bits per heavy atom. The van der Waals surface area contributed by atoms with Crippen molar-refractivity contribution in [1.82, 2.24) is 9.55 Å². The lowest BCUT2D eigenvalue weighted by Gasteiger charge is -2.07. The van der Waals surface area contributed by atoms with Crippen molar-refractivity contribution in [3.8, 4) is 5.69 Å². The predicted molar refractivity (Wildman–Crippen MR) is 67.9 cm³/mol. The van der Waals surface area contributed by atoms with Crippen molar-refractivity contribution in [3.63, 3.8) is 0 Å². The molecular weight excluding hydrogens is 285 g/mol. The number of aromatic carboxylic acids is 1. The molecule has 7 heteroatoms. The average molecular weight is 292 g/mol. The first kappa shape index (κ1) is 13.2. The van der Waals surface area contributed by atoms with Gasteiger partial charge in [-0.25, -0.2) is 22.9 Å². The second-order valence-corrected chi connectivity index (χ2v) is 4.34. The van der Waals surface area contributed by atoms with E-state index in [9.17, 15) is 18.0 Å². The van der Waals surface area contributed by atoms with Gasteiger partial charge in [-0.3, -0.25) is 4.57 Å². The Bertz CT molecular complexity index is 874. The Kier molecular flexibility index (Phi) is 2.90. The molecule has 106 valence electrons. The van der Waals surface area contributed by atoms with Crippen molar-refractivity contribution in [2.45, 2.75) is 0 Å². The molecule has 0 aliphatic carbocycles. The van der Waals surface area contributed by atoms with E-state index in [0.717, 1.165) is 10.6 Å². The highest BCUT2D eigenvalue weighted by molar-refractivity contribution is 5.92. The molecule has 0 aliphatic heterocycles. The summed E-state index contributed by atoms with van der Waals surface area (Å²) in [4.78, 5) is 14.8. The zero-order valence-electron chi connectivity index (χ0n) is 10.3. The highest BCUT2D eigenvalue weighted by atomic mass is 19.2. The van der Waals surface area contributed by atoms with Gasteiger partial charge in [0.1, 0.15) is 12.1 Å². The van der Waals surface area contributed by atoms with Crippen molar-refractivity contribution in [2.24, 2.45) is 0 Å². The fourth-order valence-corrected chi connectivity index (χ4v) is 2.06. The number of aromatic nitrogens is 2. The molecule has 0 radical (unpaired) electrons. The second kappa shape index (κ2) is 4.62. The van der Waals surface area contributed by atoms with Gasteiger partial charge in [-0.2, -0.15) is 0 Å². The number of halogens is 3. The maximum atomic E-state index is 13.8. The normalized spacial score (nSPS) is 11.0. The first-order valence-corrected chi connectivity index (χ1v) is 5.82. The lowest BCUT2D eigenvalue weighted by atomic mass is 10.2. The zero-order chi connectivity index (χ0) is 15.1. The second-order valence-electron chi connectivity index (χ2n) is 4.34. The molecule has 0 aliphatic rings. The quantitative estimate of drug-likeness (QED) is 0.738. The van der Waals surface area contributed by atoms with Gasteiger partial charge in [-0.1, -0.05) is 0 Å². The number of imidazole rings is 1. The smallest absolute Gasteiger partial charge is 0.335 e. The van der Waals surface area contributed by atoms with Crippen LogP contribution >= 0.6 is 0 Å². The molecule has 0 spiro atoms. The van der Waals surface area contributed by atoms with Gasteiger partial charge >= 0.3 is 5.97 Å². The molecule has 1 aromatic heterocycles. The third-order valence-electron chi connectivity index (χ3n) is 3.03. The molecule has 1 N–H and O–H groups in total. The van der Waals surface area contributed by atoms with Gasteiger partial charge in [-0.05, 0) is 18.2 Å². The number of hydrogen-bond donors (Lipinski definition) is 1. The fourth-order valence-electron chi connectivity index (χ4n) is 2.06. The minimum Gasteiger partial charge on any atom is -0.478 e. The van der Waals surface area contributed by atoms with Crippen LogP contribution in [-0.2, 0) is 0 Å². The Balaban J connectivity index is 2.25. The van der Waals surface area contributed by atoms with Crippen molar-refractivity contribution in [2.75, 3.05) is 0 Å². The maximum absolute atomic E-state index is 13.8. The fraction of sp³-hybridized carbons (Fsp3) is 0. The molecule has 0 amide bonds. The lowest BCUT2D eigenvalue weighted by Crippen LogP contribution is -2.01. The van der Waals surface area contributed by atoms with E-state index < -0.39 is 23.4 Å². The van der Waals surface area contributed by atoms with Crippen LogP contribution in [0.25, 0.3) is 16.7 Å². The molecular formula is C14H7F3N2O2. The number of carbonyl (C=O) groups is 1. The van der Waals surface area contributed by atoms with Crippen LogP contribution in [0.15, 0.2) is 36.7 Å². The zero-order valence-corrected chi connectivity index (χ0v) is 10.3. The van der Waals surface area contributed by atoms with Crippen molar-refractivity contribution in [1.29, 1.82) is 0 Å². The van der Waals surface area contributed by atoms with Gasteiger partial charge < -0.3 is 5.11 Å². The van der Waals surface area contributed by atoms with Gasteiger partial charge in [0.05, 0.1) is 22.3 Å². The van der Waals surface area contributed by atoms with Gasteiger partial charge in [0.25, 0.3) is 0 Å². The predicted octanol–water partition coefficient (Wildman–Crippen LogP) is 3.14. The summed E-state index contributed by atoms with van der Waals surface area (Å²) in [5, 5.41) is 8.89. The van der Waals surface area contributed by atoms with Crippen LogP contribution in [0.2, 0.25) is 0 Å². The van der Waals surface area contributed by atoms with E-state index in [1.54, 1.807) is 0 Å². The van der Waals surface area contributed by atoms with Crippen molar-refractivity contribution in [3.05, 3.63) is 59.7 Å². The molecule has 0 fully saturated rings. The first-order valence-electron chi connectivity index (χ1n) is 5.82. The number of carboxylic acids is 1. The van der Waals surface area contributed by atoms with Crippen LogP contribution in [0.1, 0.15) is 10.4 Å². The van der Waals surface area contributed by atoms with E-state index >= 15 is 0 Å². The number of benzene rings is 2. The number of carboxylic acid groups (broad SMARTS) is 1. The molecule has 0 atom stereocenters. The van der Waals surface area contributed by atoms with E-state index in [2.05, 4.69) is 4.98 Å². The summed E-state index contributed by atoms with van der Waals surface area (Å²) in [5.74, 6) is -4.57. The topological polar surface area (TPSA) is 55.1 Å². The van der Waals surface area contributed by atoms with Crippen LogP contribution in [0.5, 0.6) is 0 Å². The van der Waals surface area contributed by atoms with Crippen LogP contribution in [-0.4, -0.2) is 20.6 Å². The molecule has 0 saturated carbocycles. The molecule has 0 bridgehead atoms. The minimum absolute atomic E-state index is 0.0126. The van der Waals surface area contributed by atoms with Gasteiger partial charge in [0, 0.05) is 12.1 Å². The number of nitrogens with zero attached hydrogens (tertiary/aromatic N) is 2. The summed E-state index contributed by atoms with van der Waals surface area (Å²) in [6, 6.07) is 5.28. The Hall–Kier alpha value is -2.83. The highest BCUT2D eigenvalue weighted by Crippen LogP contribution is 2.23. The van der Waals surface area contributed by atoms with E-state index in [4.69, 9.17) is 5.11 Å². The van der Waals surface area contributed by atoms with Crippen LogP contribution in [0.3, 0.4) is 0 Å². The van der Waals surface area contributed by atoms with Gasteiger partial charge in [-0.15, -0.1) is 0 Å². The van der Waals surface area contributed by atoms with E-state index in [0.29, 0.717) is 11.6 Å². The summed E-state index contributed by atoms with van der Waals surface area (Å²) < 4.78 is 41.5. The summed E-state index contributed by atoms with van der Waals surface area (Å²) >= 11 is 0. The summed E-state index contributed by atoms with van der Waals surface area (Å²) in [6.45, 7) is 0. The van der Waals surface area contributed by atoms with Crippen LogP contribution < -0.4 is 0 Å². The third kappa shape index (κ3) is 2.12. The molecule has 3 aromatic rings. The van der Waals surface area contributed by atoms with E-state index in [1.165, 1.54) is 24.5 Å². The summed E-state index contributed by atoms with van der Waals surface area (Å²) in [5.41, 5.74) is 0.291. The Morgan fingerprint density at radius 2 is 1.90 bits per heavy atom. The van der Waals surface area contributed by atoms with E-state index in [-0.39, 0.29) is 16.8 Å². The van der Waals surface area contributed by atoms with E-state index in [1.807, 2.05) is 0 Å². The lowest BCUT2D eigenvalue weighted by molar-refractivity contribution is 0.0697.